The molecule has 0 bridgehead atoms. The van der Waals surface area contributed by atoms with Crippen LogP contribution >= 0.6 is 11.8 Å². The smallest absolute Gasteiger partial charge is 0.140 e. The van der Waals surface area contributed by atoms with E-state index in [1.165, 1.54) is 12.1 Å². The third kappa shape index (κ3) is 2.91. The van der Waals surface area contributed by atoms with E-state index in [0.717, 1.165) is 54.8 Å². The van der Waals surface area contributed by atoms with Gasteiger partial charge in [0.25, 0.3) is 0 Å². The van der Waals surface area contributed by atoms with Crippen LogP contribution in [0.3, 0.4) is 0 Å². The number of rotatable bonds is 2. The maximum atomic E-state index is 13.7. The molecule has 2 nitrogen and oxygen atoms in total. The van der Waals surface area contributed by atoms with Gasteiger partial charge in [-0.2, -0.15) is 5.26 Å². The third-order valence-electron chi connectivity index (χ3n) is 3.49. The number of halogens is 2. The molecule has 0 saturated heterocycles. The van der Waals surface area contributed by atoms with Gasteiger partial charge in [0.15, 0.2) is 0 Å². The topological polar surface area (TPSA) is 36.7 Å². The predicted octanol–water partition coefficient (Wildman–Crippen LogP) is 4.26. The lowest BCUT2D eigenvalue weighted by Crippen LogP contribution is -2.07. The average molecular weight is 302 g/mol. The minimum absolute atomic E-state index is 0.274. The molecule has 0 atom stereocenters. The molecule has 1 aromatic carbocycles. The highest BCUT2D eigenvalue weighted by atomic mass is 32.2. The van der Waals surface area contributed by atoms with Crippen molar-refractivity contribution in [2.24, 2.45) is 0 Å². The molecule has 3 rings (SSSR count). The van der Waals surface area contributed by atoms with Crippen LogP contribution in [-0.4, -0.2) is 4.98 Å². The van der Waals surface area contributed by atoms with Gasteiger partial charge in [0.05, 0.1) is 5.56 Å². The zero-order valence-electron chi connectivity index (χ0n) is 11.2. The van der Waals surface area contributed by atoms with Crippen LogP contribution < -0.4 is 0 Å². The van der Waals surface area contributed by atoms with E-state index < -0.39 is 11.6 Å². The molecule has 21 heavy (non-hydrogen) atoms. The lowest BCUT2D eigenvalue weighted by molar-refractivity contribution is 0.565. The van der Waals surface area contributed by atoms with E-state index in [-0.39, 0.29) is 4.90 Å². The molecular formula is C16H12F2N2S. The Morgan fingerprint density at radius 2 is 1.95 bits per heavy atom. The van der Waals surface area contributed by atoms with Crippen molar-refractivity contribution in [1.82, 2.24) is 4.98 Å². The second kappa shape index (κ2) is 5.82. The summed E-state index contributed by atoms with van der Waals surface area (Å²) in [4.78, 5) is 4.80. The molecule has 1 aromatic heterocycles. The lowest BCUT2D eigenvalue weighted by atomic mass is 9.95. The van der Waals surface area contributed by atoms with E-state index in [4.69, 9.17) is 0 Å². The zero-order valence-corrected chi connectivity index (χ0v) is 12.0. The van der Waals surface area contributed by atoms with Crippen molar-refractivity contribution in [2.75, 3.05) is 0 Å². The molecule has 5 heteroatoms. The van der Waals surface area contributed by atoms with E-state index >= 15 is 0 Å². The normalized spacial score (nSPS) is 13.6. The molecule has 0 aliphatic heterocycles. The highest BCUT2D eigenvalue weighted by Crippen LogP contribution is 2.33. The third-order valence-corrected chi connectivity index (χ3v) is 4.54. The first-order valence-electron chi connectivity index (χ1n) is 6.73. The Morgan fingerprint density at radius 1 is 1.14 bits per heavy atom. The molecule has 0 unspecified atom stereocenters. The van der Waals surface area contributed by atoms with Gasteiger partial charge in [0.1, 0.15) is 22.7 Å². The van der Waals surface area contributed by atoms with Gasteiger partial charge in [-0.15, -0.1) is 0 Å². The summed E-state index contributed by atoms with van der Waals surface area (Å²) in [5, 5.41) is 9.74. The van der Waals surface area contributed by atoms with Crippen LogP contribution in [0.25, 0.3) is 0 Å². The summed E-state index contributed by atoms with van der Waals surface area (Å²) in [7, 11) is 0. The quantitative estimate of drug-likeness (QED) is 0.831. The van der Waals surface area contributed by atoms with Crippen LogP contribution in [-0.2, 0) is 12.8 Å². The number of nitrogens with zero attached hydrogens (tertiary/aromatic N) is 2. The van der Waals surface area contributed by atoms with Gasteiger partial charge in [0, 0.05) is 16.7 Å². The van der Waals surface area contributed by atoms with Crippen molar-refractivity contribution in [3.63, 3.8) is 0 Å². The molecule has 2 aromatic rings. The maximum Gasteiger partial charge on any atom is 0.140 e. The summed E-state index contributed by atoms with van der Waals surface area (Å²) in [5.74, 6) is -1.25. The van der Waals surface area contributed by atoms with Crippen LogP contribution in [0.15, 0.2) is 34.2 Å². The Kier molecular flexibility index (Phi) is 3.89. The fourth-order valence-electron chi connectivity index (χ4n) is 2.43. The maximum absolute atomic E-state index is 13.7. The Bertz CT molecular complexity index is 738. The standard InChI is InChI=1S/C16H12F2N2S/c17-12-5-6-15(13(18)8-12)21-16-11(9-19)7-10-3-1-2-4-14(10)20-16/h5-8H,1-4H2. The number of aryl methyl sites for hydroxylation is 2. The molecule has 1 aliphatic carbocycles. The van der Waals surface area contributed by atoms with Crippen LogP contribution in [0.4, 0.5) is 8.78 Å². The molecule has 1 heterocycles. The molecule has 1 aliphatic rings. The molecule has 0 radical (unpaired) electrons. The monoisotopic (exact) mass is 302 g/mol. The van der Waals surface area contributed by atoms with Crippen LogP contribution in [0.5, 0.6) is 0 Å². The summed E-state index contributed by atoms with van der Waals surface area (Å²) >= 11 is 1.07. The molecule has 0 fully saturated rings. The van der Waals surface area contributed by atoms with Crippen molar-refractivity contribution in [3.8, 4) is 6.07 Å². The van der Waals surface area contributed by atoms with Crippen molar-refractivity contribution in [3.05, 3.63) is 52.7 Å². The minimum atomic E-state index is -0.636. The molecule has 0 N–H and O–H groups in total. The van der Waals surface area contributed by atoms with Crippen molar-refractivity contribution in [2.45, 2.75) is 35.6 Å². The fraction of sp³-hybridized carbons (Fsp3) is 0.250. The van der Waals surface area contributed by atoms with E-state index in [0.29, 0.717) is 10.6 Å². The van der Waals surface area contributed by atoms with Gasteiger partial charge in [-0.25, -0.2) is 13.8 Å². The Balaban J connectivity index is 1.99. The number of fused-ring (bicyclic) bond motifs is 1. The number of benzene rings is 1. The highest BCUT2D eigenvalue weighted by molar-refractivity contribution is 7.99. The number of hydrogen-bond donors (Lipinski definition) is 0. The fourth-order valence-corrected chi connectivity index (χ4v) is 3.31. The molecule has 106 valence electrons. The van der Waals surface area contributed by atoms with Crippen LogP contribution in [0.1, 0.15) is 29.7 Å². The number of pyridine rings is 1. The summed E-state index contributed by atoms with van der Waals surface area (Å²) in [5.41, 5.74) is 2.55. The summed E-state index contributed by atoms with van der Waals surface area (Å²) in [6.45, 7) is 0. The second-order valence-corrected chi connectivity index (χ2v) is 5.97. The summed E-state index contributed by atoms with van der Waals surface area (Å²) < 4.78 is 26.7. The van der Waals surface area contributed by atoms with Crippen molar-refractivity contribution in [1.29, 1.82) is 5.26 Å². The zero-order chi connectivity index (χ0) is 14.8. The molecular weight excluding hydrogens is 290 g/mol. The lowest BCUT2D eigenvalue weighted by Gasteiger charge is -2.16. The Morgan fingerprint density at radius 3 is 2.71 bits per heavy atom. The van der Waals surface area contributed by atoms with Gasteiger partial charge in [-0.05, 0) is 49.4 Å². The van der Waals surface area contributed by atoms with Gasteiger partial charge in [-0.1, -0.05) is 11.8 Å². The largest absolute Gasteiger partial charge is 0.244 e. The number of nitriles is 1. The first-order valence-corrected chi connectivity index (χ1v) is 7.55. The number of hydrogen-bond acceptors (Lipinski definition) is 3. The van der Waals surface area contributed by atoms with Crippen molar-refractivity contribution < 1.29 is 8.78 Å². The van der Waals surface area contributed by atoms with E-state index in [9.17, 15) is 14.0 Å². The van der Waals surface area contributed by atoms with Crippen molar-refractivity contribution >= 4 is 11.8 Å². The van der Waals surface area contributed by atoms with Gasteiger partial charge in [0.2, 0.25) is 0 Å². The SMILES string of the molecule is N#Cc1cc2c(nc1Sc1ccc(F)cc1F)CCCC2. The first-order chi connectivity index (χ1) is 10.2. The number of aromatic nitrogens is 1. The molecule has 0 spiro atoms. The highest BCUT2D eigenvalue weighted by Gasteiger charge is 2.17. The first kappa shape index (κ1) is 14.0. The summed E-state index contributed by atoms with van der Waals surface area (Å²) in [6, 6.07) is 7.39. The van der Waals surface area contributed by atoms with E-state index in [1.54, 1.807) is 0 Å². The minimum Gasteiger partial charge on any atom is -0.244 e. The Hall–Kier alpha value is -1.93. The van der Waals surface area contributed by atoms with Crippen LogP contribution in [0, 0.1) is 23.0 Å². The van der Waals surface area contributed by atoms with E-state index in [1.807, 2.05) is 6.07 Å². The van der Waals surface area contributed by atoms with Gasteiger partial charge in [-0.3, -0.25) is 0 Å². The predicted molar refractivity (Wildman–Crippen MR) is 76.1 cm³/mol. The van der Waals surface area contributed by atoms with Gasteiger partial charge >= 0.3 is 0 Å². The van der Waals surface area contributed by atoms with Gasteiger partial charge < -0.3 is 0 Å². The average Bonchev–Trinajstić information content (AvgIpc) is 2.49. The second-order valence-electron chi connectivity index (χ2n) is 4.94. The van der Waals surface area contributed by atoms with E-state index in [2.05, 4.69) is 11.1 Å². The molecule has 0 saturated carbocycles. The van der Waals surface area contributed by atoms with Crippen LogP contribution in [0.2, 0.25) is 0 Å². The Labute approximate surface area is 125 Å². The molecule has 0 amide bonds. The summed E-state index contributed by atoms with van der Waals surface area (Å²) in [6.07, 6.45) is 4.02.